The fourth-order valence-corrected chi connectivity index (χ4v) is 6.36. The van der Waals surface area contributed by atoms with Gasteiger partial charge in [0.1, 0.15) is 0 Å². The lowest BCUT2D eigenvalue weighted by molar-refractivity contribution is -0.122. The standard InChI is InChI=1S/C30H26ClN3OS2/c1-3-33-25-20-23(31)14-17-26(25)36-28(33)19-18-27-29(35)34(4-2)30(37-27)32-24-15-12-22(13-16-24)11-10-21-8-6-5-7-9-21/h5-20H,3-4H2,1-2H3/b11-10+,27-18+,28-19-,32-30?. The van der Waals surface area contributed by atoms with Crippen molar-refractivity contribution in [2.24, 2.45) is 4.99 Å². The molecule has 0 aromatic heterocycles. The van der Waals surface area contributed by atoms with E-state index in [0.717, 1.165) is 39.1 Å². The highest BCUT2D eigenvalue weighted by atomic mass is 35.5. The predicted octanol–water partition coefficient (Wildman–Crippen LogP) is 8.45. The van der Waals surface area contributed by atoms with Crippen molar-refractivity contribution in [3.8, 4) is 0 Å². The van der Waals surface area contributed by atoms with E-state index in [0.29, 0.717) is 16.6 Å². The molecule has 0 atom stereocenters. The van der Waals surface area contributed by atoms with Crippen molar-refractivity contribution in [2.75, 3.05) is 18.0 Å². The molecule has 2 aliphatic rings. The van der Waals surface area contributed by atoms with Gasteiger partial charge in [-0.05, 0) is 79.2 Å². The Morgan fingerprint density at radius 2 is 1.54 bits per heavy atom. The largest absolute Gasteiger partial charge is 0.335 e. The van der Waals surface area contributed by atoms with E-state index in [1.54, 1.807) is 16.7 Å². The van der Waals surface area contributed by atoms with Gasteiger partial charge in [-0.2, -0.15) is 0 Å². The Labute approximate surface area is 231 Å². The predicted molar refractivity (Wildman–Crippen MR) is 160 cm³/mol. The second kappa shape index (κ2) is 11.5. The first-order chi connectivity index (χ1) is 18.1. The molecular weight excluding hydrogens is 518 g/mol. The van der Waals surface area contributed by atoms with E-state index in [4.69, 9.17) is 16.6 Å². The summed E-state index contributed by atoms with van der Waals surface area (Å²) in [5, 5.41) is 2.50. The maximum Gasteiger partial charge on any atom is 0.266 e. The number of anilines is 1. The first-order valence-corrected chi connectivity index (χ1v) is 14.2. The van der Waals surface area contributed by atoms with Crippen LogP contribution in [0.15, 0.2) is 105 Å². The van der Waals surface area contributed by atoms with Crippen molar-refractivity contribution in [3.63, 3.8) is 0 Å². The van der Waals surface area contributed by atoms with Gasteiger partial charge in [-0.1, -0.05) is 78.0 Å². The molecule has 0 spiro atoms. The summed E-state index contributed by atoms with van der Waals surface area (Å²) in [7, 11) is 0. The van der Waals surface area contributed by atoms with Crippen LogP contribution in [0.25, 0.3) is 12.2 Å². The number of hydrogen-bond donors (Lipinski definition) is 0. The van der Waals surface area contributed by atoms with Gasteiger partial charge in [0.25, 0.3) is 5.91 Å². The Kier molecular flexibility index (Phi) is 7.89. The molecule has 0 saturated carbocycles. The average Bonchev–Trinajstić information content (AvgIpc) is 3.42. The highest BCUT2D eigenvalue weighted by Crippen LogP contribution is 2.47. The fourth-order valence-electron chi connectivity index (χ4n) is 4.08. The lowest BCUT2D eigenvalue weighted by atomic mass is 10.1. The van der Waals surface area contributed by atoms with Crippen LogP contribution in [0.5, 0.6) is 0 Å². The molecule has 3 aromatic carbocycles. The van der Waals surface area contributed by atoms with Gasteiger partial charge in [-0.15, -0.1) is 0 Å². The highest BCUT2D eigenvalue weighted by molar-refractivity contribution is 8.18. The Hall–Kier alpha value is -3.19. The molecule has 1 saturated heterocycles. The number of rotatable bonds is 6. The first kappa shape index (κ1) is 25.5. The molecule has 37 heavy (non-hydrogen) atoms. The van der Waals surface area contributed by atoms with Crippen LogP contribution in [-0.2, 0) is 4.79 Å². The Bertz CT molecular complexity index is 1430. The summed E-state index contributed by atoms with van der Waals surface area (Å²) in [5.74, 6) is -0.0166. The van der Waals surface area contributed by atoms with E-state index in [-0.39, 0.29) is 5.91 Å². The quantitative estimate of drug-likeness (QED) is 0.231. The van der Waals surface area contributed by atoms with Crippen LogP contribution in [0.1, 0.15) is 25.0 Å². The van der Waals surface area contributed by atoms with Crippen molar-refractivity contribution >= 4 is 69.7 Å². The van der Waals surface area contributed by atoms with Crippen LogP contribution in [0.2, 0.25) is 5.02 Å². The molecule has 186 valence electrons. The van der Waals surface area contributed by atoms with E-state index in [1.807, 2.05) is 79.7 Å². The fraction of sp³-hybridized carbons (Fsp3) is 0.133. The third-order valence-corrected chi connectivity index (χ3v) is 8.37. The van der Waals surface area contributed by atoms with Gasteiger partial charge < -0.3 is 4.90 Å². The maximum absolute atomic E-state index is 13.1. The zero-order valence-electron chi connectivity index (χ0n) is 20.6. The van der Waals surface area contributed by atoms with Gasteiger partial charge in [0.05, 0.1) is 21.3 Å². The van der Waals surface area contributed by atoms with Crippen LogP contribution < -0.4 is 4.90 Å². The highest BCUT2D eigenvalue weighted by Gasteiger charge is 2.32. The topological polar surface area (TPSA) is 35.9 Å². The second-order valence-electron chi connectivity index (χ2n) is 8.38. The molecule has 4 nitrogen and oxygen atoms in total. The van der Waals surface area contributed by atoms with Crippen LogP contribution in [0.4, 0.5) is 11.4 Å². The number of hydrogen-bond acceptors (Lipinski definition) is 5. The van der Waals surface area contributed by atoms with E-state index >= 15 is 0 Å². The summed E-state index contributed by atoms with van der Waals surface area (Å²) in [6, 6.07) is 24.2. The summed E-state index contributed by atoms with van der Waals surface area (Å²) in [6.07, 6.45) is 8.10. The van der Waals surface area contributed by atoms with E-state index in [9.17, 15) is 4.79 Å². The minimum absolute atomic E-state index is 0.0166. The molecule has 2 heterocycles. The first-order valence-electron chi connectivity index (χ1n) is 12.1. The molecule has 0 radical (unpaired) electrons. The number of thioether (sulfide) groups is 2. The van der Waals surface area contributed by atoms with Gasteiger partial charge in [0.2, 0.25) is 0 Å². The molecule has 0 N–H and O–H groups in total. The zero-order chi connectivity index (χ0) is 25.8. The van der Waals surface area contributed by atoms with Crippen LogP contribution >= 0.6 is 35.1 Å². The summed E-state index contributed by atoms with van der Waals surface area (Å²) in [6.45, 7) is 5.47. The zero-order valence-corrected chi connectivity index (χ0v) is 23.0. The lowest BCUT2D eigenvalue weighted by Gasteiger charge is -2.17. The minimum atomic E-state index is -0.0166. The molecule has 0 unspecified atom stereocenters. The summed E-state index contributed by atoms with van der Waals surface area (Å²) >= 11 is 9.33. The van der Waals surface area contributed by atoms with E-state index in [2.05, 4.69) is 36.1 Å². The van der Waals surface area contributed by atoms with Gasteiger partial charge in [-0.3, -0.25) is 9.69 Å². The number of carbonyl (C=O) groups excluding carboxylic acids is 1. The Balaban J connectivity index is 1.33. The molecule has 5 rings (SSSR count). The molecule has 1 fully saturated rings. The van der Waals surface area contributed by atoms with Gasteiger partial charge in [0.15, 0.2) is 5.17 Å². The Morgan fingerprint density at radius 1 is 0.838 bits per heavy atom. The molecule has 3 aromatic rings. The third-order valence-electron chi connectivity index (χ3n) is 5.98. The van der Waals surface area contributed by atoms with Crippen LogP contribution in [-0.4, -0.2) is 29.1 Å². The number of benzene rings is 3. The Morgan fingerprint density at radius 3 is 2.24 bits per heavy atom. The third kappa shape index (κ3) is 5.72. The van der Waals surface area contributed by atoms with E-state index < -0.39 is 0 Å². The molecule has 0 aliphatic carbocycles. The summed E-state index contributed by atoms with van der Waals surface area (Å²) in [5.41, 5.74) is 4.18. The van der Waals surface area contributed by atoms with Gasteiger partial charge >= 0.3 is 0 Å². The molecule has 1 amide bonds. The van der Waals surface area contributed by atoms with Crippen LogP contribution in [0, 0.1) is 0 Å². The summed E-state index contributed by atoms with van der Waals surface area (Å²) < 4.78 is 0. The molecular formula is C30H26ClN3OS2. The van der Waals surface area contributed by atoms with Crippen molar-refractivity contribution in [2.45, 2.75) is 18.7 Å². The lowest BCUT2D eigenvalue weighted by Crippen LogP contribution is -2.28. The number of halogens is 1. The maximum atomic E-state index is 13.1. The molecule has 2 aliphatic heterocycles. The monoisotopic (exact) mass is 543 g/mol. The van der Waals surface area contributed by atoms with Crippen molar-refractivity contribution in [1.82, 2.24) is 4.90 Å². The van der Waals surface area contributed by atoms with Crippen molar-refractivity contribution < 1.29 is 4.79 Å². The minimum Gasteiger partial charge on any atom is -0.335 e. The van der Waals surface area contributed by atoms with Crippen LogP contribution in [0.3, 0.4) is 0 Å². The number of fused-ring (bicyclic) bond motifs is 1. The number of nitrogens with zero attached hydrogens (tertiary/aromatic N) is 3. The number of allylic oxidation sites excluding steroid dienone is 2. The van der Waals surface area contributed by atoms with Gasteiger partial charge in [0, 0.05) is 23.0 Å². The number of amides is 1. The normalized spacial score (nSPS) is 18.7. The van der Waals surface area contributed by atoms with E-state index in [1.165, 1.54) is 16.7 Å². The van der Waals surface area contributed by atoms with Gasteiger partial charge in [-0.25, -0.2) is 4.99 Å². The SMILES string of the molecule is CCN1C(=O)/C(=C\C=C2/Sc3ccc(Cl)cc3N2CC)SC1=Nc1ccc(/C=C/c2ccccc2)cc1. The smallest absolute Gasteiger partial charge is 0.266 e. The van der Waals surface area contributed by atoms with Crippen molar-refractivity contribution in [1.29, 1.82) is 0 Å². The molecule has 7 heteroatoms. The number of likely N-dealkylation sites (N-methyl/N-ethyl adjacent to an activating group) is 1. The average molecular weight is 544 g/mol. The number of aliphatic imine (C=N–C) groups is 1. The molecule has 0 bridgehead atoms. The number of carbonyl (C=O) groups is 1. The number of amidine groups is 1. The van der Waals surface area contributed by atoms with Crippen molar-refractivity contribution in [3.05, 3.63) is 111 Å². The second-order valence-corrected chi connectivity index (χ2v) is 10.9. The summed E-state index contributed by atoms with van der Waals surface area (Å²) in [4.78, 5) is 23.7.